The van der Waals surface area contributed by atoms with Gasteiger partial charge in [0, 0.05) is 10.7 Å². The molecule has 3 aromatic rings. The maximum Gasteiger partial charge on any atom is 0.244 e. The monoisotopic (exact) mass is 364 g/mol. The van der Waals surface area contributed by atoms with Gasteiger partial charge in [-0.25, -0.2) is 0 Å². The number of amides is 1. The lowest BCUT2D eigenvalue weighted by Gasteiger charge is -2.10. The van der Waals surface area contributed by atoms with Gasteiger partial charge in [0.25, 0.3) is 0 Å². The second kappa shape index (κ2) is 6.66. The van der Waals surface area contributed by atoms with Crippen LogP contribution in [-0.2, 0) is 11.3 Å². The number of halogens is 1. The van der Waals surface area contributed by atoms with Crippen molar-refractivity contribution in [2.75, 3.05) is 5.32 Å². The number of benzene rings is 1. The van der Waals surface area contributed by atoms with Gasteiger partial charge in [0.1, 0.15) is 6.54 Å². The summed E-state index contributed by atoms with van der Waals surface area (Å²) >= 11 is 12.8. The summed E-state index contributed by atoms with van der Waals surface area (Å²) in [7, 11) is 0. The molecule has 1 amide bonds. The van der Waals surface area contributed by atoms with Crippen LogP contribution in [0.1, 0.15) is 5.56 Å². The highest BCUT2D eigenvalue weighted by Crippen LogP contribution is 2.24. The van der Waals surface area contributed by atoms with Crippen LogP contribution in [0.2, 0.25) is 5.02 Å². The molecule has 1 aromatic carbocycles. The van der Waals surface area contributed by atoms with E-state index in [1.165, 1.54) is 0 Å². The van der Waals surface area contributed by atoms with E-state index in [9.17, 15) is 4.79 Å². The number of nitrogens with zero attached hydrogens (tertiary/aromatic N) is 2. The number of anilines is 1. The summed E-state index contributed by atoms with van der Waals surface area (Å²) in [5, 5.41) is 12.4. The van der Waals surface area contributed by atoms with Crippen molar-refractivity contribution in [1.82, 2.24) is 14.8 Å². The summed E-state index contributed by atoms with van der Waals surface area (Å²) < 4.78 is 2.09. The summed E-state index contributed by atoms with van der Waals surface area (Å²) in [6.07, 6.45) is 0. The molecule has 0 atom stereocenters. The van der Waals surface area contributed by atoms with E-state index in [0.717, 1.165) is 10.4 Å². The molecule has 0 radical (unpaired) electrons. The van der Waals surface area contributed by atoms with Crippen LogP contribution in [0.15, 0.2) is 35.7 Å². The summed E-state index contributed by atoms with van der Waals surface area (Å²) in [5.74, 6) is 0.466. The first-order valence-corrected chi connectivity index (χ1v) is 8.47. The number of hydrogen-bond acceptors (Lipinski definition) is 4. The molecular weight excluding hydrogens is 352 g/mol. The Morgan fingerprint density at radius 1 is 1.43 bits per heavy atom. The molecule has 23 heavy (non-hydrogen) atoms. The Balaban J connectivity index is 1.83. The van der Waals surface area contributed by atoms with Crippen molar-refractivity contribution in [1.29, 1.82) is 0 Å². The van der Waals surface area contributed by atoms with Crippen molar-refractivity contribution in [3.8, 4) is 10.7 Å². The van der Waals surface area contributed by atoms with Crippen LogP contribution in [0, 0.1) is 11.7 Å². The molecule has 2 heterocycles. The summed E-state index contributed by atoms with van der Waals surface area (Å²) in [6.45, 7) is 1.94. The quantitative estimate of drug-likeness (QED) is 0.679. The fourth-order valence-corrected chi connectivity index (χ4v) is 3.23. The van der Waals surface area contributed by atoms with Crippen LogP contribution < -0.4 is 5.32 Å². The maximum atomic E-state index is 12.4. The number of carbonyl (C=O) groups excluding carboxylic acids is 1. The Labute approximate surface area is 146 Å². The molecule has 2 aromatic heterocycles. The fourth-order valence-electron chi connectivity index (χ4n) is 2.13. The van der Waals surface area contributed by atoms with Gasteiger partial charge in [0.05, 0.1) is 4.88 Å². The number of nitrogens with one attached hydrogen (secondary N) is 2. The molecular formula is C15H13ClN4OS2. The van der Waals surface area contributed by atoms with E-state index in [1.807, 2.05) is 30.5 Å². The molecule has 0 bridgehead atoms. The molecule has 0 unspecified atom stereocenters. The van der Waals surface area contributed by atoms with Crippen molar-refractivity contribution in [2.45, 2.75) is 13.5 Å². The summed E-state index contributed by atoms with van der Waals surface area (Å²) in [6, 6.07) is 9.26. The molecule has 8 heteroatoms. The average Bonchev–Trinajstić information content (AvgIpc) is 3.15. The highest BCUT2D eigenvalue weighted by Gasteiger charge is 2.14. The van der Waals surface area contributed by atoms with Gasteiger partial charge in [-0.2, -0.15) is 5.10 Å². The number of hydrogen-bond donors (Lipinski definition) is 2. The Morgan fingerprint density at radius 3 is 3.00 bits per heavy atom. The predicted molar refractivity (Wildman–Crippen MR) is 95.5 cm³/mol. The van der Waals surface area contributed by atoms with Crippen molar-refractivity contribution in [3.63, 3.8) is 0 Å². The van der Waals surface area contributed by atoms with E-state index in [-0.39, 0.29) is 12.5 Å². The minimum atomic E-state index is -0.189. The highest BCUT2D eigenvalue weighted by molar-refractivity contribution is 7.71. The lowest BCUT2D eigenvalue weighted by molar-refractivity contribution is -0.116. The first-order chi connectivity index (χ1) is 11.1. The number of carbonyl (C=O) groups is 1. The van der Waals surface area contributed by atoms with Crippen molar-refractivity contribution in [3.05, 3.63) is 51.1 Å². The molecule has 0 aliphatic rings. The van der Waals surface area contributed by atoms with Crippen molar-refractivity contribution in [2.24, 2.45) is 0 Å². The molecule has 0 saturated heterocycles. The summed E-state index contributed by atoms with van der Waals surface area (Å²) in [4.78, 5) is 13.3. The third kappa shape index (κ3) is 3.36. The topological polar surface area (TPSA) is 62.7 Å². The van der Waals surface area contributed by atoms with Gasteiger partial charge in [-0.05, 0) is 48.3 Å². The molecule has 118 valence electrons. The first kappa shape index (κ1) is 15.9. The first-order valence-electron chi connectivity index (χ1n) is 6.80. The molecule has 0 aliphatic carbocycles. The maximum absolute atomic E-state index is 12.4. The third-order valence-corrected chi connectivity index (χ3v) is 4.93. The third-order valence-electron chi connectivity index (χ3n) is 3.34. The van der Waals surface area contributed by atoms with Crippen LogP contribution in [0.4, 0.5) is 5.69 Å². The normalized spacial score (nSPS) is 10.7. The molecule has 0 fully saturated rings. The molecule has 0 aliphatic heterocycles. The second-order valence-electron chi connectivity index (χ2n) is 4.88. The average molecular weight is 365 g/mol. The number of rotatable bonds is 4. The van der Waals surface area contributed by atoms with Crippen molar-refractivity contribution >= 4 is 46.8 Å². The van der Waals surface area contributed by atoms with Gasteiger partial charge in [0.15, 0.2) is 10.6 Å². The van der Waals surface area contributed by atoms with E-state index >= 15 is 0 Å². The van der Waals surface area contributed by atoms with E-state index in [4.69, 9.17) is 23.8 Å². The zero-order valence-corrected chi connectivity index (χ0v) is 14.6. The van der Waals surface area contributed by atoms with Gasteiger partial charge >= 0.3 is 0 Å². The lowest BCUT2D eigenvalue weighted by Crippen LogP contribution is -2.20. The number of H-pyrrole nitrogens is 1. The SMILES string of the molecule is Cc1c(Cl)cccc1NC(=O)Cn1c(-c2cccs2)n[nH]c1=S. The molecule has 0 saturated carbocycles. The van der Waals surface area contributed by atoms with Gasteiger partial charge in [0.2, 0.25) is 5.91 Å². The van der Waals surface area contributed by atoms with Gasteiger partial charge < -0.3 is 5.32 Å². The van der Waals surface area contributed by atoms with E-state index in [1.54, 1.807) is 28.0 Å². The van der Waals surface area contributed by atoms with Gasteiger partial charge in [-0.1, -0.05) is 23.7 Å². The Kier molecular flexibility index (Phi) is 4.61. The number of thiophene rings is 1. The van der Waals surface area contributed by atoms with E-state index in [0.29, 0.717) is 21.3 Å². The van der Waals surface area contributed by atoms with Crippen LogP contribution >= 0.6 is 35.2 Å². The predicted octanol–water partition coefficient (Wildman–Crippen LogP) is 4.27. The minimum absolute atomic E-state index is 0.0779. The van der Waals surface area contributed by atoms with E-state index in [2.05, 4.69) is 15.5 Å². The second-order valence-corrected chi connectivity index (χ2v) is 6.62. The summed E-state index contributed by atoms with van der Waals surface area (Å²) in [5.41, 5.74) is 1.52. The molecule has 3 rings (SSSR count). The van der Waals surface area contributed by atoms with Crippen LogP contribution in [0.25, 0.3) is 10.7 Å². The number of aromatic amines is 1. The van der Waals surface area contributed by atoms with E-state index < -0.39 is 0 Å². The molecule has 2 N–H and O–H groups in total. The van der Waals surface area contributed by atoms with Gasteiger partial charge in [-0.3, -0.25) is 14.5 Å². The minimum Gasteiger partial charge on any atom is -0.324 e. The number of aromatic nitrogens is 3. The van der Waals surface area contributed by atoms with Gasteiger partial charge in [-0.15, -0.1) is 11.3 Å². The smallest absolute Gasteiger partial charge is 0.244 e. The lowest BCUT2D eigenvalue weighted by atomic mass is 10.2. The Morgan fingerprint density at radius 2 is 2.26 bits per heavy atom. The van der Waals surface area contributed by atoms with Crippen LogP contribution in [0.5, 0.6) is 0 Å². The van der Waals surface area contributed by atoms with Crippen molar-refractivity contribution < 1.29 is 4.79 Å². The zero-order chi connectivity index (χ0) is 16.4. The zero-order valence-electron chi connectivity index (χ0n) is 12.2. The van der Waals surface area contributed by atoms with Crippen LogP contribution in [0.3, 0.4) is 0 Å². The highest BCUT2D eigenvalue weighted by atomic mass is 35.5. The molecule has 5 nitrogen and oxygen atoms in total. The standard InChI is InChI=1S/C15H13ClN4OS2/c1-9-10(16)4-2-5-11(9)17-13(21)8-20-14(18-19-15(20)22)12-6-3-7-23-12/h2-7H,8H2,1H3,(H,17,21)(H,19,22). The largest absolute Gasteiger partial charge is 0.324 e. The fraction of sp³-hybridized carbons (Fsp3) is 0.133. The Bertz CT molecular complexity index is 899. The van der Waals surface area contributed by atoms with Crippen LogP contribution in [-0.4, -0.2) is 20.7 Å². The molecule has 0 spiro atoms. The Hall–Kier alpha value is -1.96.